The molecule has 8 nitrogen and oxygen atoms in total. The normalized spacial score (nSPS) is 17.7. The molecule has 1 aliphatic heterocycles. The summed E-state index contributed by atoms with van der Waals surface area (Å²) in [4.78, 5) is 39.5. The number of ether oxygens (including phenoxy) is 3. The lowest BCUT2D eigenvalue weighted by Crippen LogP contribution is -2.38. The van der Waals surface area contributed by atoms with Gasteiger partial charge in [-0.05, 0) is 79.7 Å². The Balaban J connectivity index is 1.29. The van der Waals surface area contributed by atoms with Crippen molar-refractivity contribution in [2.75, 3.05) is 26.9 Å². The van der Waals surface area contributed by atoms with E-state index in [2.05, 4.69) is 23.7 Å². The van der Waals surface area contributed by atoms with Crippen molar-refractivity contribution in [3.63, 3.8) is 0 Å². The van der Waals surface area contributed by atoms with Crippen molar-refractivity contribution < 1.29 is 28.6 Å². The monoisotopic (exact) mass is 588 g/mol. The van der Waals surface area contributed by atoms with E-state index >= 15 is 0 Å². The lowest BCUT2D eigenvalue weighted by molar-refractivity contribution is -0.146. The summed E-state index contributed by atoms with van der Waals surface area (Å²) >= 11 is 0. The van der Waals surface area contributed by atoms with E-state index < -0.39 is 0 Å². The Bertz CT molecular complexity index is 1430. The molecule has 0 saturated carbocycles. The van der Waals surface area contributed by atoms with Crippen LogP contribution in [0, 0.1) is 11.8 Å². The molecule has 0 bridgehead atoms. The maximum Gasteiger partial charge on any atom is 0.306 e. The summed E-state index contributed by atoms with van der Waals surface area (Å²) in [5, 5.41) is 1.16. The standard InChI is InChI=1S/C35H44N2O6/c1-24(38)42-20-17-29(11-14-34(39)43-23-25-7-5-4-6-8-25)36(2)35(40)28-10-13-33-31(22-28)30-21-27(9-12-32(30)37(33)3)26-15-18-41-19-16-26/h4-8,10,13,22,26-27,29H,9,11-12,14-21,23H2,1-3H3/t27-,29+/m1/s1. The molecule has 2 heterocycles. The molecule has 0 N–H and O–H groups in total. The molecule has 0 radical (unpaired) electrons. The Labute approximate surface area is 254 Å². The van der Waals surface area contributed by atoms with Crippen molar-refractivity contribution in [2.45, 2.75) is 70.9 Å². The van der Waals surface area contributed by atoms with Gasteiger partial charge < -0.3 is 23.7 Å². The van der Waals surface area contributed by atoms with E-state index in [1.54, 1.807) is 11.9 Å². The second kappa shape index (κ2) is 14.2. The quantitative estimate of drug-likeness (QED) is 0.270. The second-order valence-electron chi connectivity index (χ2n) is 12.1. The lowest BCUT2D eigenvalue weighted by atomic mass is 9.75. The van der Waals surface area contributed by atoms with Gasteiger partial charge in [0.2, 0.25) is 0 Å². The van der Waals surface area contributed by atoms with Crippen LogP contribution in [0.2, 0.25) is 0 Å². The second-order valence-corrected chi connectivity index (χ2v) is 12.1. The number of carbonyl (C=O) groups is 3. The number of hydrogen-bond acceptors (Lipinski definition) is 6. The summed E-state index contributed by atoms with van der Waals surface area (Å²) in [5.74, 6) is 0.551. The summed E-state index contributed by atoms with van der Waals surface area (Å²) in [6, 6.07) is 15.3. The smallest absolute Gasteiger partial charge is 0.306 e. The summed E-state index contributed by atoms with van der Waals surface area (Å²) in [6.07, 6.45) is 6.57. The minimum Gasteiger partial charge on any atom is -0.466 e. The van der Waals surface area contributed by atoms with Gasteiger partial charge in [0, 0.05) is 75.3 Å². The van der Waals surface area contributed by atoms with Gasteiger partial charge in [-0.15, -0.1) is 0 Å². The van der Waals surface area contributed by atoms with Crippen LogP contribution in [0.4, 0.5) is 0 Å². The van der Waals surface area contributed by atoms with Crippen LogP contribution in [0.25, 0.3) is 10.9 Å². The van der Waals surface area contributed by atoms with E-state index in [9.17, 15) is 14.4 Å². The fourth-order valence-corrected chi connectivity index (χ4v) is 6.86. The highest BCUT2D eigenvalue weighted by Crippen LogP contribution is 2.39. The average Bonchev–Trinajstić information content (AvgIpc) is 3.32. The first kappa shape index (κ1) is 30.8. The SMILES string of the molecule is CC(=O)OCC[C@H](CCC(=O)OCc1ccccc1)N(C)C(=O)c1ccc2c(c1)c1c(n2C)CC[C@@H](C2CCOCC2)C1. The number of esters is 2. The predicted octanol–water partition coefficient (Wildman–Crippen LogP) is 5.63. The molecule has 2 atom stereocenters. The van der Waals surface area contributed by atoms with Crippen LogP contribution in [-0.2, 0) is 50.3 Å². The van der Waals surface area contributed by atoms with E-state index in [1.807, 2.05) is 36.4 Å². The minimum atomic E-state index is -0.367. The van der Waals surface area contributed by atoms with Crippen molar-refractivity contribution in [1.29, 1.82) is 0 Å². The van der Waals surface area contributed by atoms with Gasteiger partial charge in [-0.25, -0.2) is 0 Å². The predicted molar refractivity (Wildman–Crippen MR) is 165 cm³/mol. The summed E-state index contributed by atoms with van der Waals surface area (Å²) in [6.45, 7) is 3.47. The van der Waals surface area contributed by atoms with Crippen molar-refractivity contribution >= 4 is 28.7 Å². The summed E-state index contributed by atoms with van der Waals surface area (Å²) < 4.78 is 18.6. The molecule has 2 aliphatic rings. The first-order valence-corrected chi connectivity index (χ1v) is 15.6. The van der Waals surface area contributed by atoms with E-state index in [0.717, 1.165) is 55.4 Å². The van der Waals surface area contributed by atoms with Gasteiger partial charge in [-0.2, -0.15) is 0 Å². The van der Waals surface area contributed by atoms with E-state index in [0.29, 0.717) is 30.2 Å². The molecule has 230 valence electrons. The molecular weight excluding hydrogens is 544 g/mol. The number of hydrogen-bond donors (Lipinski definition) is 0. The third-order valence-corrected chi connectivity index (χ3v) is 9.38. The van der Waals surface area contributed by atoms with Gasteiger partial charge >= 0.3 is 11.9 Å². The van der Waals surface area contributed by atoms with E-state index in [1.165, 1.54) is 24.6 Å². The number of aryl methyl sites for hydroxylation is 1. The van der Waals surface area contributed by atoms with Crippen LogP contribution in [0.1, 0.15) is 72.6 Å². The third kappa shape index (κ3) is 7.47. The zero-order valence-electron chi connectivity index (χ0n) is 25.7. The average molecular weight is 589 g/mol. The maximum absolute atomic E-state index is 13.9. The van der Waals surface area contributed by atoms with Crippen LogP contribution in [0.15, 0.2) is 48.5 Å². The number of benzene rings is 2. The van der Waals surface area contributed by atoms with Gasteiger partial charge in [0.05, 0.1) is 6.61 Å². The molecule has 43 heavy (non-hydrogen) atoms. The number of aromatic nitrogens is 1. The van der Waals surface area contributed by atoms with E-state index in [-0.39, 0.29) is 43.5 Å². The van der Waals surface area contributed by atoms with Crippen molar-refractivity contribution in [3.05, 3.63) is 70.9 Å². The van der Waals surface area contributed by atoms with Gasteiger partial charge in [0.15, 0.2) is 0 Å². The highest BCUT2D eigenvalue weighted by Gasteiger charge is 2.31. The molecule has 1 aliphatic carbocycles. The topological polar surface area (TPSA) is 87.1 Å². The van der Waals surface area contributed by atoms with Crippen LogP contribution in [-0.4, -0.2) is 60.2 Å². The Morgan fingerprint density at radius 1 is 1.00 bits per heavy atom. The number of amides is 1. The largest absolute Gasteiger partial charge is 0.466 e. The van der Waals surface area contributed by atoms with Gasteiger partial charge in [-0.1, -0.05) is 30.3 Å². The fourth-order valence-electron chi connectivity index (χ4n) is 6.86. The number of nitrogens with zero attached hydrogens (tertiary/aromatic N) is 2. The zero-order valence-corrected chi connectivity index (χ0v) is 25.7. The highest BCUT2D eigenvalue weighted by atomic mass is 16.5. The van der Waals surface area contributed by atoms with Crippen LogP contribution in [0.5, 0.6) is 0 Å². The minimum absolute atomic E-state index is 0.109. The fraction of sp³-hybridized carbons (Fsp3) is 0.514. The Hall–Kier alpha value is -3.65. The molecule has 8 heteroatoms. The Kier molecular flexibility index (Phi) is 10.2. The number of fused-ring (bicyclic) bond motifs is 3. The Morgan fingerprint density at radius 2 is 1.77 bits per heavy atom. The zero-order chi connectivity index (χ0) is 30.3. The van der Waals surface area contributed by atoms with Gasteiger partial charge in [0.1, 0.15) is 6.61 Å². The van der Waals surface area contributed by atoms with Crippen molar-refractivity contribution in [2.24, 2.45) is 18.9 Å². The maximum atomic E-state index is 13.9. The molecule has 1 saturated heterocycles. The van der Waals surface area contributed by atoms with Gasteiger partial charge in [0.25, 0.3) is 5.91 Å². The number of carbonyl (C=O) groups excluding carboxylic acids is 3. The van der Waals surface area contributed by atoms with Gasteiger partial charge in [-0.3, -0.25) is 14.4 Å². The van der Waals surface area contributed by atoms with Crippen molar-refractivity contribution in [1.82, 2.24) is 9.47 Å². The van der Waals surface area contributed by atoms with Crippen LogP contribution >= 0.6 is 0 Å². The molecule has 3 aromatic rings. The molecule has 2 aromatic carbocycles. The lowest BCUT2D eigenvalue weighted by Gasteiger charge is -2.33. The molecule has 1 fully saturated rings. The first-order chi connectivity index (χ1) is 20.8. The Morgan fingerprint density at radius 3 is 2.51 bits per heavy atom. The molecule has 1 aromatic heterocycles. The summed E-state index contributed by atoms with van der Waals surface area (Å²) in [5.41, 5.74) is 5.46. The first-order valence-electron chi connectivity index (χ1n) is 15.6. The number of rotatable bonds is 11. The molecule has 0 spiro atoms. The van der Waals surface area contributed by atoms with Crippen LogP contribution < -0.4 is 0 Å². The summed E-state index contributed by atoms with van der Waals surface area (Å²) in [7, 11) is 3.90. The molecule has 5 rings (SSSR count). The molecular formula is C35H44N2O6. The highest BCUT2D eigenvalue weighted by molar-refractivity contribution is 5.99. The molecule has 1 amide bonds. The van der Waals surface area contributed by atoms with E-state index in [4.69, 9.17) is 14.2 Å². The molecule has 0 unspecified atom stereocenters. The third-order valence-electron chi connectivity index (χ3n) is 9.38. The van der Waals surface area contributed by atoms with Crippen LogP contribution in [0.3, 0.4) is 0 Å². The van der Waals surface area contributed by atoms with Crippen molar-refractivity contribution in [3.8, 4) is 0 Å².